The minimum Gasteiger partial charge on any atom is -0.468 e. The third kappa shape index (κ3) is 5.28. The van der Waals surface area contributed by atoms with Gasteiger partial charge in [0.25, 0.3) is 0 Å². The molecule has 166 valence electrons. The molecule has 0 radical (unpaired) electrons. The second-order valence-corrected chi connectivity index (χ2v) is 10.7. The molecule has 0 aromatic heterocycles. The Morgan fingerprint density at radius 2 is 1.90 bits per heavy atom. The highest BCUT2D eigenvalue weighted by Gasteiger charge is 2.54. The van der Waals surface area contributed by atoms with E-state index in [4.69, 9.17) is 9.47 Å². The van der Waals surface area contributed by atoms with E-state index in [1.807, 2.05) is 0 Å². The van der Waals surface area contributed by atoms with Gasteiger partial charge in [-0.1, -0.05) is 0 Å². The summed E-state index contributed by atoms with van der Waals surface area (Å²) in [5, 5.41) is 19.7. The van der Waals surface area contributed by atoms with Gasteiger partial charge in [-0.25, -0.2) is 8.42 Å². The van der Waals surface area contributed by atoms with Crippen LogP contribution in [0.5, 0.6) is 0 Å². The Morgan fingerprint density at radius 3 is 2.59 bits per heavy atom. The standard InChI is InChI=1S/C19H30O9S/c1-10-4-3-5-14-19(28-14)13-7-11(20)6-12(13)18(23)15(8-16(21)27-10)29(24,25)9-17(22)26-2/h10-15,18-20,23H,3-9H2,1-2H3/t10-,11+,12+,13+,14+,15+,18-,19+/m0/s1. The van der Waals surface area contributed by atoms with Crippen molar-refractivity contribution in [2.24, 2.45) is 11.8 Å². The predicted octanol–water partition coefficient (Wildman–Crippen LogP) is -0.0361. The highest BCUT2D eigenvalue weighted by atomic mass is 32.2. The Kier molecular flexibility index (Phi) is 6.87. The number of fused-ring (bicyclic) bond motifs is 3. The van der Waals surface area contributed by atoms with Crippen molar-refractivity contribution >= 4 is 21.8 Å². The predicted molar refractivity (Wildman–Crippen MR) is 101 cm³/mol. The number of ether oxygens (including phenoxy) is 3. The van der Waals surface area contributed by atoms with Gasteiger partial charge in [0.05, 0.1) is 49.3 Å². The first kappa shape index (κ1) is 22.5. The SMILES string of the molecule is COC(=O)CS(=O)(=O)[C@@H]1CC(=O)O[C@@H](C)CCC[C@H]2O[C@@H]2[C@@H]2C[C@H](O)C[C@H]2[C@@H]1O. The van der Waals surface area contributed by atoms with E-state index in [2.05, 4.69) is 4.74 Å². The van der Waals surface area contributed by atoms with Crippen LogP contribution in [0.2, 0.25) is 0 Å². The van der Waals surface area contributed by atoms with E-state index in [9.17, 15) is 28.2 Å². The van der Waals surface area contributed by atoms with Crippen LogP contribution in [0.15, 0.2) is 0 Å². The number of epoxide rings is 1. The monoisotopic (exact) mass is 434 g/mol. The summed E-state index contributed by atoms with van der Waals surface area (Å²) < 4.78 is 41.3. The molecule has 2 aliphatic heterocycles. The largest absolute Gasteiger partial charge is 0.468 e. The van der Waals surface area contributed by atoms with Crippen molar-refractivity contribution < 1.29 is 42.4 Å². The van der Waals surface area contributed by atoms with Crippen LogP contribution >= 0.6 is 0 Å². The molecule has 3 fully saturated rings. The zero-order valence-electron chi connectivity index (χ0n) is 16.7. The lowest BCUT2D eigenvalue weighted by atomic mass is 9.84. The molecule has 2 heterocycles. The topological polar surface area (TPSA) is 140 Å². The molecule has 1 saturated carbocycles. The second-order valence-electron chi connectivity index (χ2n) is 8.44. The normalized spacial score (nSPS) is 41.0. The van der Waals surface area contributed by atoms with Crippen LogP contribution in [0.1, 0.15) is 45.4 Å². The summed E-state index contributed by atoms with van der Waals surface area (Å²) in [5.41, 5.74) is 0. The minimum absolute atomic E-state index is 0.00813. The van der Waals surface area contributed by atoms with Gasteiger partial charge in [0, 0.05) is 0 Å². The van der Waals surface area contributed by atoms with Gasteiger partial charge in [0.1, 0.15) is 5.75 Å². The molecule has 0 unspecified atom stereocenters. The van der Waals surface area contributed by atoms with Crippen molar-refractivity contribution in [3.05, 3.63) is 0 Å². The van der Waals surface area contributed by atoms with Crippen LogP contribution in [-0.4, -0.2) is 79.2 Å². The Hall–Kier alpha value is -1.23. The second kappa shape index (κ2) is 8.87. The van der Waals surface area contributed by atoms with Gasteiger partial charge in [-0.05, 0) is 50.9 Å². The molecule has 2 saturated heterocycles. The number of rotatable bonds is 3. The van der Waals surface area contributed by atoms with Crippen LogP contribution in [-0.2, 0) is 33.6 Å². The van der Waals surface area contributed by atoms with Gasteiger partial charge in [-0.3, -0.25) is 9.59 Å². The Balaban J connectivity index is 1.90. The summed E-state index contributed by atoms with van der Waals surface area (Å²) in [4.78, 5) is 24.0. The van der Waals surface area contributed by atoms with Crippen LogP contribution in [0.25, 0.3) is 0 Å². The lowest BCUT2D eigenvalue weighted by molar-refractivity contribution is -0.149. The fourth-order valence-corrected chi connectivity index (χ4v) is 6.46. The number of methoxy groups -OCH3 is 1. The first-order valence-electron chi connectivity index (χ1n) is 10.1. The summed E-state index contributed by atoms with van der Waals surface area (Å²) in [7, 11) is -3.13. The van der Waals surface area contributed by atoms with Crippen molar-refractivity contribution in [3.63, 3.8) is 0 Å². The van der Waals surface area contributed by atoms with Crippen molar-refractivity contribution in [2.45, 2.75) is 81.2 Å². The molecule has 0 aromatic rings. The zero-order valence-corrected chi connectivity index (χ0v) is 17.5. The van der Waals surface area contributed by atoms with Crippen LogP contribution < -0.4 is 0 Å². The number of hydrogen-bond acceptors (Lipinski definition) is 9. The average molecular weight is 435 g/mol. The maximum Gasteiger partial charge on any atom is 0.320 e. The molecule has 2 N–H and O–H groups in total. The lowest BCUT2D eigenvalue weighted by Gasteiger charge is -2.30. The van der Waals surface area contributed by atoms with Crippen LogP contribution in [0.4, 0.5) is 0 Å². The summed E-state index contributed by atoms with van der Waals surface area (Å²) in [6.07, 6.45) is -0.347. The Bertz CT molecular complexity index is 721. The minimum atomic E-state index is -4.20. The molecule has 0 amide bonds. The third-order valence-electron chi connectivity index (χ3n) is 6.31. The molecule has 29 heavy (non-hydrogen) atoms. The number of sulfone groups is 1. The molecule has 1 aliphatic carbocycles. The van der Waals surface area contributed by atoms with Crippen molar-refractivity contribution in [3.8, 4) is 0 Å². The zero-order chi connectivity index (χ0) is 21.3. The number of aliphatic hydroxyl groups is 2. The highest BCUT2D eigenvalue weighted by Crippen LogP contribution is 2.47. The van der Waals surface area contributed by atoms with E-state index >= 15 is 0 Å². The number of hydrogen-bond donors (Lipinski definition) is 2. The number of esters is 2. The van der Waals surface area contributed by atoms with Crippen molar-refractivity contribution in [2.75, 3.05) is 12.9 Å². The number of carbonyl (C=O) groups excluding carboxylic acids is 2. The average Bonchev–Trinajstić information content (AvgIpc) is 3.29. The van der Waals surface area contributed by atoms with E-state index < -0.39 is 57.3 Å². The first-order chi connectivity index (χ1) is 13.6. The number of aliphatic hydroxyl groups excluding tert-OH is 2. The summed E-state index contributed by atoms with van der Waals surface area (Å²) in [6, 6.07) is 0. The van der Waals surface area contributed by atoms with Gasteiger partial charge >= 0.3 is 11.9 Å². The van der Waals surface area contributed by atoms with E-state index in [0.29, 0.717) is 12.8 Å². The molecule has 9 nitrogen and oxygen atoms in total. The van der Waals surface area contributed by atoms with Crippen LogP contribution in [0.3, 0.4) is 0 Å². The molecule has 3 rings (SSSR count). The molecular weight excluding hydrogens is 404 g/mol. The lowest BCUT2D eigenvalue weighted by Crippen LogP contribution is -2.45. The Labute approximate surface area is 170 Å². The quantitative estimate of drug-likeness (QED) is 0.463. The number of cyclic esters (lactones) is 1. The molecular formula is C19H30O9S. The maximum atomic E-state index is 12.9. The van der Waals surface area contributed by atoms with Gasteiger partial charge in [-0.2, -0.15) is 0 Å². The Morgan fingerprint density at radius 1 is 1.21 bits per heavy atom. The summed E-state index contributed by atoms with van der Waals surface area (Å²) >= 11 is 0. The molecule has 0 bridgehead atoms. The molecule has 3 aliphatic rings. The fraction of sp³-hybridized carbons (Fsp3) is 0.895. The molecule has 10 heteroatoms. The highest BCUT2D eigenvalue weighted by molar-refractivity contribution is 7.92. The van der Waals surface area contributed by atoms with Gasteiger partial charge in [0.15, 0.2) is 9.84 Å². The smallest absolute Gasteiger partial charge is 0.320 e. The maximum absolute atomic E-state index is 12.9. The van der Waals surface area contributed by atoms with Gasteiger partial charge < -0.3 is 24.4 Å². The van der Waals surface area contributed by atoms with E-state index in [1.54, 1.807) is 6.92 Å². The molecule has 0 aromatic carbocycles. The number of carbonyl (C=O) groups is 2. The van der Waals surface area contributed by atoms with E-state index in [-0.39, 0.29) is 30.7 Å². The van der Waals surface area contributed by atoms with Gasteiger partial charge in [-0.15, -0.1) is 0 Å². The van der Waals surface area contributed by atoms with Crippen molar-refractivity contribution in [1.29, 1.82) is 0 Å². The fourth-order valence-electron chi connectivity index (χ4n) is 4.78. The van der Waals surface area contributed by atoms with Gasteiger partial charge in [0.2, 0.25) is 0 Å². The van der Waals surface area contributed by atoms with Crippen molar-refractivity contribution in [1.82, 2.24) is 0 Å². The van der Waals surface area contributed by atoms with E-state index in [1.165, 1.54) is 0 Å². The van der Waals surface area contributed by atoms with Crippen LogP contribution in [0, 0.1) is 11.8 Å². The summed E-state index contributed by atoms with van der Waals surface area (Å²) in [5.74, 6) is -3.38. The summed E-state index contributed by atoms with van der Waals surface area (Å²) in [6.45, 7) is 1.74. The van der Waals surface area contributed by atoms with E-state index in [0.717, 1.165) is 20.0 Å². The third-order valence-corrected chi connectivity index (χ3v) is 8.32. The molecule has 0 spiro atoms. The molecule has 8 atom stereocenters. The first-order valence-corrected chi connectivity index (χ1v) is 11.8.